The van der Waals surface area contributed by atoms with Crippen molar-refractivity contribution in [1.82, 2.24) is 4.98 Å². The highest BCUT2D eigenvalue weighted by molar-refractivity contribution is 5.81. The zero-order valence-corrected chi connectivity index (χ0v) is 9.90. The standard InChI is InChI=1S/C16H15N/c1-12-9-15-8-7-14(11-16(15)17-12)10-13-5-3-2-4-6-13/h2-9,11,17H,10H2,1H3. The smallest absolute Gasteiger partial charge is 0.0458 e. The van der Waals surface area contributed by atoms with Crippen LogP contribution < -0.4 is 0 Å². The Morgan fingerprint density at radius 2 is 1.71 bits per heavy atom. The van der Waals surface area contributed by atoms with Gasteiger partial charge in [-0.05, 0) is 42.0 Å². The molecule has 1 N–H and O–H groups in total. The molecule has 2 aromatic carbocycles. The number of rotatable bonds is 2. The van der Waals surface area contributed by atoms with E-state index in [-0.39, 0.29) is 0 Å². The highest BCUT2D eigenvalue weighted by atomic mass is 14.7. The predicted octanol–water partition coefficient (Wildman–Crippen LogP) is 4.07. The van der Waals surface area contributed by atoms with Crippen LogP contribution in [0.25, 0.3) is 10.9 Å². The topological polar surface area (TPSA) is 15.8 Å². The molecule has 0 fully saturated rings. The van der Waals surface area contributed by atoms with E-state index in [1.165, 1.54) is 27.7 Å². The third-order valence-electron chi connectivity index (χ3n) is 3.07. The highest BCUT2D eigenvalue weighted by Crippen LogP contribution is 2.18. The lowest BCUT2D eigenvalue weighted by molar-refractivity contribution is 1.20. The molecule has 0 atom stereocenters. The normalized spacial score (nSPS) is 10.9. The predicted molar refractivity (Wildman–Crippen MR) is 72.3 cm³/mol. The second kappa shape index (κ2) is 4.10. The molecule has 1 heteroatoms. The van der Waals surface area contributed by atoms with E-state index in [2.05, 4.69) is 66.5 Å². The Labute approximate surface area is 101 Å². The molecule has 84 valence electrons. The number of benzene rings is 2. The minimum atomic E-state index is 0.995. The van der Waals surface area contributed by atoms with Gasteiger partial charge in [-0.1, -0.05) is 42.5 Å². The van der Waals surface area contributed by atoms with Crippen LogP contribution in [0.2, 0.25) is 0 Å². The molecule has 0 saturated carbocycles. The van der Waals surface area contributed by atoms with E-state index in [1.807, 2.05) is 0 Å². The summed E-state index contributed by atoms with van der Waals surface area (Å²) in [4.78, 5) is 3.38. The molecule has 0 aliphatic heterocycles. The van der Waals surface area contributed by atoms with E-state index in [0.717, 1.165) is 6.42 Å². The fraction of sp³-hybridized carbons (Fsp3) is 0.125. The van der Waals surface area contributed by atoms with Gasteiger partial charge in [0.25, 0.3) is 0 Å². The van der Waals surface area contributed by atoms with Crippen LogP contribution in [-0.4, -0.2) is 4.98 Å². The van der Waals surface area contributed by atoms with Crippen molar-refractivity contribution in [3.8, 4) is 0 Å². The van der Waals surface area contributed by atoms with Crippen molar-refractivity contribution >= 4 is 10.9 Å². The van der Waals surface area contributed by atoms with E-state index in [0.29, 0.717) is 0 Å². The lowest BCUT2D eigenvalue weighted by Crippen LogP contribution is -1.87. The fourth-order valence-corrected chi connectivity index (χ4v) is 2.26. The molecule has 1 nitrogen and oxygen atoms in total. The van der Waals surface area contributed by atoms with Crippen molar-refractivity contribution < 1.29 is 0 Å². The second-order valence-electron chi connectivity index (χ2n) is 4.54. The van der Waals surface area contributed by atoms with Crippen molar-refractivity contribution in [3.63, 3.8) is 0 Å². The summed E-state index contributed by atoms with van der Waals surface area (Å²) in [5, 5.41) is 1.29. The van der Waals surface area contributed by atoms with Crippen LogP contribution in [0.5, 0.6) is 0 Å². The number of aryl methyl sites for hydroxylation is 1. The quantitative estimate of drug-likeness (QED) is 0.671. The zero-order chi connectivity index (χ0) is 11.7. The molecule has 1 heterocycles. The van der Waals surface area contributed by atoms with E-state index in [1.54, 1.807) is 0 Å². The van der Waals surface area contributed by atoms with Crippen molar-refractivity contribution in [2.24, 2.45) is 0 Å². The van der Waals surface area contributed by atoms with Crippen LogP contribution in [0.3, 0.4) is 0 Å². The second-order valence-corrected chi connectivity index (χ2v) is 4.54. The van der Waals surface area contributed by atoms with Crippen molar-refractivity contribution in [2.45, 2.75) is 13.3 Å². The molecule has 3 aromatic rings. The summed E-state index contributed by atoms with van der Waals surface area (Å²) in [5.41, 5.74) is 5.16. The van der Waals surface area contributed by atoms with Crippen LogP contribution in [0.15, 0.2) is 54.6 Å². The first-order chi connectivity index (χ1) is 8.31. The molecule has 0 amide bonds. The lowest BCUT2D eigenvalue weighted by atomic mass is 10.0. The van der Waals surface area contributed by atoms with Crippen molar-refractivity contribution in [2.75, 3.05) is 0 Å². The molecule has 1 aromatic heterocycles. The van der Waals surface area contributed by atoms with Gasteiger partial charge in [-0.3, -0.25) is 0 Å². The third-order valence-corrected chi connectivity index (χ3v) is 3.07. The molecule has 0 aliphatic rings. The summed E-state index contributed by atoms with van der Waals surface area (Å²) < 4.78 is 0. The number of hydrogen-bond donors (Lipinski definition) is 1. The molecule has 0 bridgehead atoms. The van der Waals surface area contributed by atoms with Gasteiger partial charge in [0, 0.05) is 11.2 Å². The maximum Gasteiger partial charge on any atom is 0.0458 e. The van der Waals surface area contributed by atoms with Crippen molar-refractivity contribution in [3.05, 3.63) is 71.4 Å². The summed E-state index contributed by atoms with van der Waals surface area (Å²) in [6.07, 6.45) is 0.995. The van der Waals surface area contributed by atoms with Crippen LogP contribution in [0.4, 0.5) is 0 Å². The van der Waals surface area contributed by atoms with Crippen LogP contribution in [0, 0.1) is 6.92 Å². The van der Waals surface area contributed by atoms with Crippen LogP contribution in [0.1, 0.15) is 16.8 Å². The monoisotopic (exact) mass is 221 g/mol. The minimum Gasteiger partial charge on any atom is -0.359 e. The largest absolute Gasteiger partial charge is 0.359 e. The molecule has 0 radical (unpaired) electrons. The van der Waals surface area contributed by atoms with Gasteiger partial charge in [0.15, 0.2) is 0 Å². The van der Waals surface area contributed by atoms with E-state index in [4.69, 9.17) is 0 Å². The molecule has 0 unspecified atom stereocenters. The number of aromatic amines is 1. The molecule has 0 aliphatic carbocycles. The number of aromatic nitrogens is 1. The summed E-state index contributed by atoms with van der Waals surface area (Å²) in [6, 6.07) is 19.4. The maximum absolute atomic E-state index is 3.38. The van der Waals surface area contributed by atoms with E-state index >= 15 is 0 Å². The highest BCUT2D eigenvalue weighted by Gasteiger charge is 2.00. The van der Waals surface area contributed by atoms with Gasteiger partial charge in [-0.25, -0.2) is 0 Å². The number of nitrogens with one attached hydrogen (secondary N) is 1. The number of fused-ring (bicyclic) bond motifs is 1. The van der Waals surface area contributed by atoms with Gasteiger partial charge < -0.3 is 4.98 Å². The first kappa shape index (κ1) is 10.2. The Hall–Kier alpha value is -2.02. The Morgan fingerprint density at radius 3 is 2.53 bits per heavy atom. The molecular weight excluding hydrogens is 206 g/mol. The van der Waals surface area contributed by atoms with Crippen LogP contribution in [-0.2, 0) is 6.42 Å². The molecule has 0 spiro atoms. The van der Waals surface area contributed by atoms with Crippen LogP contribution >= 0.6 is 0 Å². The minimum absolute atomic E-state index is 0.995. The average molecular weight is 221 g/mol. The SMILES string of the molecule is Cc1cc2ccc(Cc3ccccc3)cc2[nH]1. The Morgan fingerprint density at radius 1 is 0.882 bits per heavy atom. The first-order valence-electron chi connectivity index (χ1n) is 5.93. The van der Waals surface area contributed by atoms with E-state index in [9.17, 15) is 0 Å². The molecule has 0 saturated heterocycles. The summed E-state index contributed by atoms with van der Waals surface area (Å²) >= 11 is 0. The van der Waals surface area contributed by atoms with Gasteiger partial charge in [-0.15, -0.1) is 0 Å². The Bertz CT molecular complexity index is 635. The Balaban J connectivity index is 1.95. The molecule has 17 heavy (non-hydrogen) atoms. The summed E-state index contributed by atoms with van der Waals surface area (Å²) in [5.74, 6) is 0. The van der Waals surface area contributed by atoms with Gasteiger partial charge in [0.1, 0.15) is 0 Å². The Kier molecular flexibility index (Phi) is 2.45. The zero-order valence-electron chi connectivity index (χ0n) is 9.90. The number of H-pyrrole nitrogens is 1. The van der Waals surface area contributed by atoms with E-state index < -0.39 is 0 Å². The van der Waals surface area contributed by atoms with Gasteiger partial charge in [0.2, 0.25) is 0 Å². The first-order valence-corrected chi connectivity index (χ1v) is 5.93. The molecular formula is C16H15N. The van der Waals surface area contributed by atoms with Crippen molar-refractivity contribution in [1.29, 1.82) is 0 Å². The lowest BCUT2D eigenvalue weighted by Gasteiger charge is -2.01. The number of hydrogen-bond acceptors (Lipinski definition) is 0. The van der Waals surface area contributed by atoms with Gasteiger partial charge in [0.05, 0.1) is 0 Å². The third kappa shape index (κ3) is 2.09. The van der Waals surface area contributed by atoms with Gasteiger partial charge in [-0.2, -0.15) is 0 Å². The average Bonchev–Trinajstić information content (AvgIpc) is 2.70. The van der Waals surface area contributed by atoms with Gasteiger partial charge >= 0.3 is 0 Å². The fourth-order valence-electron chi connectivity index (χ4n) is 2.26. The summed E-state index contributed by atoms with van der Waals surface area (Å²) in [6.45, 7) is 2.09. The summed E-state index contributed by atoms with van der Waals surface area (Å²) in [7, 11) is 0. The molecule has 3 rings (SSSR count). The maximum atomic E-state index is 3.38.